The van der Waals surface area contributed by atoms with E-state index in [1.165, 1.54) is 12.1 Å². The molecule has 3 N–H and O–H groups in total. The molecule has 3 aromatic rings. The average molecular weight is 634 g/mol. The number of carbonyl (C=O) groups is 3. The minimum atomic E-state index is -5.76. The first-order valence-electron chi connectivity index (χ1n) is 14.1. The highest BCUT2D eigenvalue weighted by Gasteiger charge is 2.50. The summed E-state index contributed by atoms with van der Waals surface area (Å²) in [5.74, 6) is -1.10. The van der Waals surface area contributed by atoms with Gasteiger partial charge in [-0.3, -0.25) is 18.9 Å². The third kappa shape index (κ3) is 5.98. The SMILES string of the molecule is CC(C)(C)C(NC(=O)c1cc2cc(C(F)(F)P(=O)(O)O)ccc2s1)C(=O)N1CCCC1C(=O)N1CCCc2ccccc21. The molecule has 2 unspecified atom stereocenters. The second kappa shape index (κ2) is 11.4. The lowest BCUT2D eigenvalue weighted by Gasteiger charge is -2.37. The molecule has 5 rings (SSSR count). The van der Waals surface area contributed by atoms with Gasteiger partial charge in [0.1, 0.15) is 12.1 Å². The Balaban J connectivity index is 1.37. The van der Waals surface area contributed by atoms with Gasteiger partial charge in [0.15, 0.2) is 0 Å². The molecule has 2 aliphatic rings. The van der Waals surface area contributed by atoms with Gasteiger partial charge >= 0.3 is 13.3 Å². The maximum absolute atomic E-state index is 14.3. The summed E-state index contributed by atoms with van der Waals surface area (Å²) in [5.41, 5.74) is -4.00. The smallest absolute Gasteiger partial charge is 0.339 e. The predicted molar refractivity (Wildman–Crippen MR) is 160 cm³/mol. The third-order valence-corrected chi connectivity index (χ3v) is 10.1. The molecule has 13 heteroatoms. The second-order valence-corrected chi connectivity index (χ2v) is 14.9. The molecule has 2 atom stereocenters. The van der Waals surface area contributed by atoms with E-state index in [0.29, 0.717) is 30.6 Å². The molecule has 0 bridgehead atoms. The van der Waals surface area contributed by atoms with E-state index in [1.807, 2.05) is 45.0 Å². The van der Waals surface area contributed by atoms with E-state index in [1.54, 1.807) is 9.80 Å². The lowest BCUT2D eigenvalue weighted by atomic mass is 9.85. The van der Waals surface area contributed by atoms with E-state index in [4.69, 9.17) is 9.79 Å². The lowest BCUT2D eigenvalue weighted by Crippen LogP contribution is -2.58. The summed E-state index contributed by atoms with van der Waals surface area (Å²) in [7, 11) is -5.76. The summed E-state index contributed by atoms with van der Waals surface area (Å²) in [6.45, 7) is 6.38. The van der Waals surface area contributed by atoms with Crippen molar-refractivity contribution in [1.82, 2.24) is 10.2 Å². The van der Waals surface area contributed by atoms with Crippen molar-refractivity contribution in [3.63, 3.8) is 0 Å². The largest absolute Gasteiger partial charge is 0.399 e. The number of amides is 3. The van der Waals surface area contributed by atoms with Crippen LogP contribution >= 0.6 is 18.9 Å². The van der Waals surface area contributed by atoms with Gasteiger partial charge in [-0.25, -0.2) is 0 Å². The number of nitrogens with one attached hydrogen (secondary N) is 1. The lowest BCUT2D eigenvalue weighted by molar-refractivity contribution is -0.141. The van der Waals surface area contributed by atoms with E-state index in [-0.39, 0.29) is 22.1 Å². The van der Waals surface area contributed by atoms with Gasteiger partial charge in [-0.1, -0.05) is 45.0 Å². The highest BCUT2D eigenvalue weighted by atomic mass is 32.1. The zero-order valence-corrected chi connectivity index (χ0v) is 25.8. The van der Waals surface area contributed by atoms with E-state index in [2.05, 4.69) is 5.32 Å². The van der Waals surface area contributed by atoms with Crippen molar-refractivity contribution in [3.05, 3.63) is 64.5 Å². The second-order valence-electron chi connectivity index (χ2n) is 12.1. The molecule has 0 radical (unpaired) electrons. The number of halogens is 2. The Morgan fingerprint density at radius 2 is 1.77 bits per heavy atom. The Morgan fingerprint density at radius 1 is 1.05 bits per heavy atom. The molecule has 1 aromatic heterocycles. The van der Waals surface area contributed by atoms with Gasteiger partial charge in [0.25, 0.3) is 5.91 Å². The molecule has 230 valence electrons. The molecule has 0 aliphatic carbocycles. The molecule has 2 aliphatic heterocycles. The first-order chi connectivity index (χ1) is 20.1. The normalized spacial score (nSPS) is 18.4. The van der Waals surface area contributed by atoms with Crippen LogP contribution in [0.1, 0.15) is 60.8 Å². The minimum absolute atomic E-state index is 0.135. The van der Waals surface area contributed by atoms with Crippen LogP contribution in [0.25, 0.3) is 10.1 Å². The molecule has 1 saturated heterocycles. The average Bonchev–Trinajstić information content (AvgIpc) is 3.61. The quantitative estimate of drug-likeness (QED) is 0.319. The van der Waals surface area contributed by atoms with Gasteiger partial charge < -0.3 is 24.9 Å². The highest BCUT2D eigenvalue weighted by molar-refractivity contribution is 7.52. The van der Waals surface area contributed by atoms with Crippen molar-refractivity contribution < 1.29 is 37.5 Å². The monoisotopic (exact) mass is 633 g/mol. The van der Waals surface area contributed by atoms with Crippen LogP contribution in [-0.4, -0.2) is 57.6 Å². The summed E-state index contributed by atoms with van der Waals surface area (Å²) in [6.07, 6.45) is 2.89. The molecule has 3 heterocycles. The van der Waals surface area contributed by atoms with Crippen LogP contribution in [0, 0.1) is 5.41 Å². The van der Waals surface area contributed by atoms with E-state index >= 15 is 0 Å². The van der Waals surface area contributed by atoms with E-state index in [9.17, 15) is 27.7 Å². The predicted octanol–water partition coefficient (Wildman–Crippen LogP) is 5.24. The van der Waals surface area contributed by atoms with Crippen LogP contribution in [0.2, 0.25) is 0 Å². The fourth-order valence-corrected chi connectivity index (χ4v) is 7.18. The van der Waals surface area contributed by atoms with Gasteiger partial charge in [0.05, 0.1) is 4.88 Å². The number of hydrogen-bond acceptors (Lipinski definition) is 5. The van der Waals surface area contributed by atoms with Crippen LogP contribution in [0.5, 0.6) is 0 Å². The topological polar surface area (TPSA) is 127 Å². The maximum Gasteiger partial charge on any atom is 0.399 e. The van der Waals surface area contributed by atoms with Gasteiger partial charge in [-0.05, 0) is 66.3 Å². The molecule has 0 saturated carbocycles. The zero-order chi connectivity index (χ0) is 31.3. The fourth-order valence-electron chi connectivity index (χ4n) is 5.76. The first-order valence-corrected chi connectivity index (χ1v) is 16.5. The standard InChI is InChI=1S/C30H34F2N3O6PS/c1-29(2,3)25(33-26(36)24-17-19-16-20(12-13-23(19)43-24)30(31,32)42(39,40)41)28(38)35-15-7-11-22(35)27(37)34-14-6-9-18-8-4-5-10-21(18)34/h4-5,8,10,12-13,16-17,22,25H,6-7,9,11,14-15H2,1-3H3,(H,33,36)(H2,39,40,41). The minimum Gasteiger partial charge on any atom is -0.339 e. The van der Waals surface area contributed by atoms with Crippen molar-refractivity contribution >= 4 is 52.4 Å². The van der Waals surface area contributed by atoms with E-state index in [0.717, 1.165) is 47.6 Å². The number of alkyl halides is 2. The van der Waals surface area contributed by atoms with E-state index < -0.39 is 42.2 Å². The number of aryl methyl sites for hydroxylation is 1. The molecule has 1 fully saturated rings. The maximum atomic E-state index is 14.3. The Hall–Kier alpha value is -3.18. The molecule has 0 spiro atoms. The summed E-state index contributed by atoms with van der Waals surface area (Å²) >= 11 is 1.01. The van der Waals surface area contributed by atoms with Crippen LogP contribution in [-0.2, 0) is 26.2 Å². The number of benzene rings is 2. The molecular weight excluding hydrogens is 599 g/mol. The van der Waals surface area contributed by atoms with Crippen molar-refractivity contribution in [1.29, 1.82) is 0 Å². The Kier molecular flexibility index (Phi) is 8.28. The number of nitrogens with zero attached hydrogens (tertiary/aromatic N) is 2. The number of likely N-dealkylation sites (tertiary alicyclic amines) is 1. The van der Waals surface area contributed by atoms with Crippen LogP contribution < -0.4 is 10.2 Å². The first kappa shape index (κ1) is 31.3. The molecule has 2 aromatic carbocycles. The summed E-state index contributed by atoms with van der Waals surface area (Å²) in [6, 6.07) is 10.6. The van der Waals surface area contributed by atoms with Gasteiger partial charge in [-0.2, -0.15) is 8.78 Å². The molecular formula is C30H34F2N3O6PS. The summed E-state index contributed by atoms with van der Waals surface area (Å²) in [5, 5.41) is 3.03. The van der Waals surface area contributed by atoms with Crippen molar-refractivity contribution in [3.8, 4) is 0 Å². The third-order valence-electron chi connectivity index (χ3n) is 8.04. The number of fused-ring (bicyclic) bond motifs is 2. The van der Waals surface area contributed by atoms with Crippen LogP contribution in [0.15, 0.2) is 48.5 Å². The number of anilines is 1. The zero-order valence-electron chi connectivity index (χ0n) is 24.0. The Labute approximate surface area is 252 Å². The molecule has 43 heavy (non-hydrogen) atoms. The molecule has 9 nitrogen and oxygen atoms in total. The summed E-state index contributed by atoms with van der Waals surface area (Å²) in [4.78, 5) is 62.9. The van der Waals surface area contributed by atoms with Gasteiger partial charge in [0.2, 0.25) is 11.8 Å². The Morgan fingerprint density at radius 3 is 2.47 bits per heavy atom. The summed E-state index contributed by atoms with van der Waals surface area (Å²) < 4.78 is 40.3. The van der Waals surface area contributed by atoms with Crippen molar-refractivity contribution in [2.45, 2.75) is 64.2 Å². The van der Waals surface area contributed by atoms with Crippen LogP contribution in [0.3, 0.4) is 0 Å². The molecule has 3 amide bonds. The van der Waals surface area contributed by atoms with Gasteiger partial charge in [0, 0.05) is 29.0 Å². The fraction of sp³-hybridized carbons (Fsp3) is 0.433. The number of carbonyl (C=O) groups excluding carboxylic acids is 3. The number of thiophene rings is 1. The van der Waals surface area contributed by atoms with Crippen LogP contribution in [0.4, 0.5) is 14.5 Å². The van der Waals surface area contributed by atoms with Crippen molar-refractivity contribution in [2.75, 3.05) is 18.0 Å². The number of hydrogen-bond donors (Lipinski definition) is 3. The van der Waals surface area contributed by atoms with Gasteiger partial charge in [-0.15, -0.1) is 11.3 Å². The number of rotatable bonds is 6. The van der Waals surface area contributed by atoms with Crippen molar-refractivity contribution in [2.24, 2.45) is 5.41 Å². The number of para-hydroxylation sites is 1. The highest BCUT2D eigenvalue weighted by Crippen LogP contribution is 2.59. The Bertz CT molecular complexity index is 1630.